The van der Waals surface area contributed by atoms with Gasteiger partial charge in [-0.3, -0.25) is 9.48 Å². The van der Waals surface area contributed by atoms with Crippen LogP contribution >= 0.6 is 34.8 Å². The second-order valence-electron chi connectivity index (χ2n) is 5.68. The van der Waals surface area contributed by atoms with Gasteiger partial charge in [-0.1, -0.05) is 40.9 Å². The van der Waals surface area contributed by atoms with Gasteiger partial charge in [0.2, 0.25) is 0 Å². The molecule has 0 spiro atoms. The first-order chi connectivity index (χ1) is 13.0. The maximum absolute atomic E-state index is 12.4. The number of carbonyl (C=O) groups is 1. The number of anilines is 1. The van der Waals surface area contributed by atoms with Gasteiger partial charge in [-0.15, -0.1) is 0 Å². The van der Waals surface area contributed by atoms with Crippen LogP contribution in [0.4, 0.5) is 5.82 Å². The molecule has 1 aromatic carbocycles. The van der Waals surface area contributed by atoms with Crippen molar-refractivity contribution in [2.24, 2.45) is 0 Å². The van der Waals surface area contributed by atoms with Gasteiger partial charge in [-0.2, -0.15) is 10.2 Å². The van der Waals surface area contributed by atoms with Crippen LogP contribution in [0.3, 0.4) is 0 Å². The first kappa shape index (κ1) is 17.8. The summed E-state index contributed by atoms with van der Waals surface area (Å²) in [5, 5.41) is 12.4. The first-order valence-electron chi connectivity index (χ1n) is 7.78. The Morgan fingerprint density at radius 1 is 1.07 bits per heavy atom. The molecular weight excluding hydrogens is 411 g/mol. The first-order valence-corrected chi connectivity index (χ1v) is 8.91. The summed E-state index contributed by atoms with van der Waals surface area (Å²) in [5.41, 5.74) is 1.68. The van der Waals surface area contributed by atoms with E-state index in [2.05, 4.69) is 20.5 Å². The summed E-state index contributed by atoms with van der Waals surface area (Å²) in [6.45, 7) is 0.421. The molecule has 7 nitrogen and oxygen atoms in total. The van der Waals surface area contributed by atoms with Gasteiger partial charge in [-0.05, 0) is 23.8 Å². The van der Waals surface area contributed by atoms with E-state index in [1.807, 2.05) is 6.07 Å². The van der Waals surface area contributed by atoms with Crippen LogP contribution in [0.1, 0.15) is 16.1 Å². The third-order valence-electron chi connectivity index (χ3n) is 3.75. The molecule has 3 aromatic heterocycles. The highest BCUT2D eigenvalue weighted by Crippen LogP contribution is 2.24. The SMILES string of the molecule is O=C(Nc1nn(Cc2ccc(Cl)c(Cl)c2)cc1Cl)c1cc2ncccn2n1. The van der Waals surface area contributed by atoms with Crippen LogP contribution < -0.4 is 5.32 Å². The zero-order valence-electron chi connectivity index (χ0n) is 13.6. The van der Waals surface area contributed by atoms with Crippen molar-refractivity contribution in [3.05, 3.63) is 75.2 Å². The number of carbonyl (C=O) groups excluding carboxylic acids is 1. The molecule has 0 saturated carbocycles. The molecule has 0 atom stereocenters. The van der Waals surface area contributed by atoms with E-state index < -0.39 is 5.91 Å². The number of halogens is 3. The predicted molar refractivity (Wildman–Crippen MR) is 104 cm³/mol. The van der Waals surface area contributed by atoms with Crippen LogP contribution in [0.5, 0.6) is 0 Å². The number of benzene rings is 1. The van der Waals surface area contributed by atoms with Gasteiger partial charge in [0.15, 0.2) is 17.2 Å². The molecule has 0 saturated heterocycles. The molecule has 27 heavy (non-hydrogen) atoms. The normalized spacial score (nSPS) is 11.1. The Bertz CT molecular complexity index is 1120. The maximum Gasteiger partial charge on any atom is 0.277 e. The van der Waals surface area contributed by atoms with Crippen LogP contribution in [-0.4, -0.2) is 30.3 Å². The van der Waals surface area contributed by atoms with Crippen molar-refractivity contribution in [3.63, 3.8) is 0 Å². The molecule has 1 N–H and O–H groups in total. The third-order valence-corrected chi connectivity index (χ3v) is 4.76. The monoisotopic (exact) mass is 420 g/mol. The Morgan fingerprint density at radius 2 is 1.93 bits per heavy atom. The van der Waals surface area contributed by atoms with E-state index in [1.54, 1.807) is 47.5 Å². The van der Waals surface area contributed by atoms with Crippen molar-refractivity contribution in [3.8, 4) is 0 Å². The summed E-state index contributed by atoms with van der Waals surface area (Å²) < 4.78 is 3.11. The zero-order valence-corrected chi connectivity index (χ0v) is 15.9. The number of nitrogens with one attached hydrogen (secondary N) is 1. The summed E-state index contributed by atoms with van der Waals surface area (Å²) >= 11 is 18.1. The van der Waals surface area contributed by atoms with Crippen molar-refractivity contribution in [1.29, 1.82) is 0 Å². The van der Waals surface area contributed by atoms with Crippen LogP contribution in [0.15, 0.2) is 48.9 Å². The largest absolute Gasteiger partial charge is 0.302 e. The standard InChI is InChI=1S/C17H11Cl3N6O/c18-11-3-2-10(6-12(11)19)8-25-9-13(20)16(24-25)22-17(27)14-7-15-21-4-1-5-26(15)23-14/h1-7,9H,8H2,(H,22,24,27). The summed E-state index contributed by atoms with van der Waals surface area (Å²) in [7, 11) is 0. The molecule has 1 amide bonds. The molecule has 0 unspecified atom stereocenters. The van der Waals surface area contributed by atoms with E-state index in [0.29, 0.717) is 27.3 Å². The summed E-state index contributed by atoms with van der Waals surface area (Å²) in [6.07, 6.45) is 4.95. The lowest BCUT2D eigenvalue weighted by Crippen LogP contribution is -2.14. The number of fused-ring (bicyclic) bond motifs is 1. The lowest BCUT2D eigenvalue weighted by Gasteiger charge is -2.04. The number of hydrogen-bond donors (Lipinski definition) is 1. The number of nitrogens with zero attached hydrogens (tertiary/aromatic N) is 5. The van der Waals surface area contributed by atoms with Gasteiger partial charge in [0.25, 0.3) is 5.91 Å². The summed E-state index contributed by atoms with van der Waals surface area (Å²) in [5.74, 6) is -0.186. The maximum atomic E-state index is 12.4. The van der Waals surface area contributed by atoms with Crippen molar-refractivity contribution in [1.82, 2.24) is 24.4 Å². The fraction of sp³-hybridized carbons (Fsp3) is 0.0588. The minimum absolute atomic E-state index is 0.212. The molecule has 0 fully saturated rings. The molecule has 10 heteroatoms. The van der Waals surface area contributed by atoms with E-state index in [4.69, 9.17) is 34.8 Å². The van der Waals surface area contributed by atoms with E-state index >= 15 is 0 Å². The van der Waals surface area contributed by atoms with Crippen LogP contribution in [0.25, 0.3) is 5.65 Å². The number of amides is 1. The van der Waals surface area contributed by atoms with Crippen LogP contribution in [0, 0.1) is 0 Å². The van der Waals surface area contributed by atoms with Crippen molar-refractivity contribution in [2.75, 3.05) is 5.32 Å². The van der Waals surface area contributed by atoms with Crippen molar-refractivity contribution >= 4 is 52.2 Å². The number of rotatable bonds is 4. The Balaban J connectivity index is 1.52. The summed E-state index contributed by atoms with van der Waals surface area (Å²) in [4.78, 5) is 16.6. The van der Waals surface area contributed by atoms with Crippen LogP contribution in [0.2, 0.25) is 15.1 Å². The molecule has 0 aliphatic heterocycles. The fourth-order valence-corrected chi connectivity index (χ4v) is 3.02. The predicted octanol–water partition coefficient (Wildman–Crippen LogP) is 4.19. The van der Waals surface area contributed by atoms with Gasteiger partial charge >= 0.3 is 0 Å². The van der Waals surface area contributed by atoms with Gasteiger partial charge in [0, 0.05) is 24.7 Å². The topological polar surface area (TPSA) is 77.1 Å². The molecule has 0 aliphatic carbocycles. The Morgan fingerprint density at radius 3 is 2.70 bits per heavy atom. The Labute approximate surface area is 168 Å². The van der Waals surface area contributed by atoms with Crippen molar-refractivity contribution < 1.29 is 4.79 Å². The lowest BCUT2D eigenvalue weighted by molar-refractivity contribution is 0.102. The molecule has 3 heterocycles. The molecule has 4 aromatic rings. The van der Waals surface area contributed by atoms with E-state index in [1.165, 1.54) is 4.52 Å². The van der Waals surface area contributed by atoms with Gasteiger partial charge in [0.1, 0.15) is 5.02 Å². The van der Waals surface area contributed by atoms with E-state index in [0.717, 1.165) is 5.56 Å². The highest BCUT2D eigenvalue weighted by atomic mass is 35.5. The number of hydrogen-bond acceptors (Lipinski definition) is 4. The Kier molecular flexibility index (Phi) is 4.73. The van der Waals surface area contributed by atoms with E-state index in [-0.39, 0.29) is 11.5 Å². The average Bonchev–Trinajstić information content (AvgIpc) is 3.22. The fourth-order valence-electron chi connectivity index (χ4n) is 2.50. The Hall–Kier alpha value is -2.61. The van der Waals surface area contributed by atoms with Gasteiger partial charge < -0.3 is 5.32 Å². The summed E-state index contributed by atoms with van der Waals surface area (Å²) in [6, 6.07) is 8.61. The second-order valence-corrected chi connectivity index (χ2v) is 6.90. The molecule has 0 radical (unpaired) electrons. The quantitative estimate of drug-likeness (QED) is 0.536. The van der Waals surface area contributed by atoms with E-state index in [9.17, 15) is 4.79 Å². The van der Waals surface area contributed by atoms with Crippen molar-refractivity contribution in [2.45, 2.75) is 6.54 Å². The van der Waals surface area contributed by atoms with Crippen LogP contribution in [-0.2, 0) is 6.54 Å². The smallest absolute Gasteiger partial charge is 0.277 e. The lowest BCUT2D eigenvalue weighted by atomic mass is 10.2. The van der Waals surface area contributed by atoms with Gasteiger partial charge in [0.05, 0.1) is 16.6 Å². The molecule has 136 valence electrons. The van der Waals surface area contributed by atoms with Gasteiger partial charge in [-0.25, -0.2) is 9.50 Å². The number of aromatic nitrogens is 5. The molecule has 0 bridgehead atoms. The zero-order chi connectivity index (χ0) is 19.0. The second kappa shape index (κ2) is 7.19. The highest BCUT2D eigenvalue weighted by Gasteiger charge is 2.16. The molecular formula is C17H11Cl3N6O. The third kappa shape index (κ3) is 3.75. The minimum Gasteiger partial charge on any atom is -0.302 e. The average molecular weight is 422 g/mol. The highest BCUT2D eigenvalue weighted by molar-refractivity contribution is 6.42. The minimum atomic E-state index is -0.429. The molecule has 0 aliphatic rings. The molecule has 4 rings (SSSR count).